The van der Waals surface area contributed by atoms with Gasteiger partial charge in [-0.25, -0.2) is 0 Å². The molecule has 0 spiro atoms. The quantitative estimate of drug-likeness (QED) is 0.642. The van der Waals surface area contributed by atoms with Crippen LogP contribution < -0.4 is 4.74 Å². The number of fused-ring (bicyclic) bond motifs is 1. The third kappa shape index (κ3) is 3.25. The van der Waals surface area contributed by atoms with Crippen molar-refractivity contribution in [3.8, 4) is 11.8 Å². The lowest BCUT2D eigenvalue weighted by molar-refractivity contribution is 0.365. The second-order valence-electron chi connectivity index (χ2n) is 6.65. The number of aryl methyl sites for hydroxylation is 1. The molecule has 3 aromatic rings. The summed E-state index contributed by atoms with van der Waals surface area (Å²) < 4.78 is 5.95. The lowest BCUT2D eigenvalue weighted by Gasteiger charge is -2.20. The molecule has 0 amide bonds. The molecule has 26 heavy (non-hydrogen) atoms. The number of ether oxygens (including phenoxy) is 1. The fourth-order valence-corrected chi connectivity index (χ4v) is 3.35. The average Bonchev–Trinajstić information content (AvgIpc) is 2.68. The molecular weight excluding hydrogens is 318 g/mol. The van der Waals surface area contributed by atoms with E-state index in [0.717, 1.165) is 34.4 Å². The van der Waals surface area contributed by atoms with Crippen molar-refractivity contribution in [1.29, 1.82) is 5.26 Å². The summed E-state index contributed by atoms with van der Waals surface area (Å²) in [5.74, 6) is 0.899. The van der Waals surface area contributed by atoms with Gasteiger partial charge in [-0.2, -0.15) is 5.26 Å². The summed E-state index contributed by atoms with van der Waals surface area (Å²) in [6.45, 7) is 2.49. The number of benzene rings is 3. The average molecular weight is 337 g/mol. The number of hydrogen-bond donors (Lipinski definition) is 0. The van der Waals surface area contributed by atoms with Crippen LogP contribution in [0.1, 0.15) is 33.4 Å². The van der Waals surface area contributed by atoms with Gasteiger partial charge < -0.3 is 4.74 Å². The van der Waals surface area contributed by atoms with Crippen LogP contribution in [0, 0.1) is 18.3 Å². The smallest absolute Gasteiger partial charge is 0.127 e. The number of hydrogen-bond acceptors (Lipinski definition) is 2. The van der Waals surface area contributed by atoms with E-state index in [1.54, 1.807) is 0 Å². The number of nitriles is 1. The predicted molar refractivity (Wildman–Crippen MR) is 105 cm³/mol. The third-order valence-corrected chi connectivity index (χ3v) is 4.68. The molecule has 1 aliphatic rings. The van der Waals surface area contributed by atoms with Crippen LogP contribution in [0.3, 0.4) is 0 Å². The van der Waals surface area contributed by atoms with Gasteiger partial charge in [0.05, 0.1) is 11.6 Å². The highest BCUT2D eigenvalue weighted by Gasteiger charge is 2.16. The fraction of sp³-hybridized carbons (Fsp3) is 0.125. The van der Waals surface area contributed by atoms with Crippen molar-refractivity contribution in [2.75, 3.05) is 6.61 Å². The molecule has 126 valence electrons. The minimum Gasteiger partial charge on any atom is -0.488 e. The molecule has 1 aliphatic heterocycles. The summed E-state index contributed by atoms with van der Waals surface area (Å²) in [6.07, 6.45) is 3.05. The Labute approximate surface area is 154 Å². The van der Waals surface area contributed by atoms with Crippen LogP contribution in [0.5, 0.6) is 5.75 Å². The number of rotatable bonds is 3. The molecule has 0 atom stereocenters. The normalized spacial score (nSPS) is 12.5. The molecule has 0 unspecified atom stereocenters. The maximum absolute atomic E-state index is 9.46. The Hall–Kier alpha value is -3.31. The molecule has 0 N–H and O–H groups in total. The third-order valence-electron chi connectivity index (χ3n) is 4.68. The molecule has 0 bridgehead atoms. The van der Waals surface area contributed by atoms with Crippen LogP contribution in [-0.4, -0.2) is 6.61 Å². The van der Waals surface area contributed by atoms with Crippen LogP contribution in [-0.2, 0) is 6.42 Å². The Morgan fingerprint density at radius 3 is 2.62 bits per heavy atom. The Bertz CT molecular complexity index is 1030. The zero-order chi connectivity index (χ0) is 17.9. The zero-order valence-corrected chi connectivity index (χ0v) is 14.7. The van der Waals surface area contributed by atoms with E-state index in [1.165, 1.54) is 11.1 Å². The van der Waals surface area contributed by atoms with Crippen LogP contribution in [0.4, 0.5) is 0 Å². The fourth-order valence-electron chi connectivity index (χ4n) is 3.35. The topological polar surface area (TPSA) is 33.0 Å². The summed E-state index contributed by atoms with van der Waals surface area (Å²) in [7, 11) is 0. The summed E-state index contributed by atoms with van der Waals surface area (Å²) in [5, 5.41) is 9.46. The lowest BCUT2D eigenvalue weighted by atomic mass is 9.94. The molecule has 0 saturated heterocycles. The summed E-state index contributed by atoms with van der Waals surface area (Å²) in [6, 6.07) is 25.1. The van der Waals surface area contributed by atoms with Gasteiger partial charge in [0.2, 0.25) is 0 Å². The Balaban J connectivity index is 1.69. The molecule has 2 heteroatoms. The van der Waals surface area contributed by atoms with Gasteiger partial charge in [0, 0.05) is 5.56 Å². The van der Waals surface area contributed by atoms with Crippen LogP contribution in [0.25, 0.3) is 11.6 Å². The highest BCUT2D eigenvalue weighted by Crippen LogP contribution is 2.33. The van der Waals surface area contributed by atoms with Gasteiger partial charge in [-0.15, -0.1) is 0 Å². The molecule has 0 radical (unpaired) electrons. The highest BCUT2D eigenvalue weighted by molar-refractivity contribution is 5.87. The van der Waals surface area contributed by atoms with Gasteiger partial charge in [-0.3, -0.25) is 0 Å². The second-order valence-corrected chi connectivity index (χ2v) is 6.65. The molecule has 0 aromatic heterocycles. The lowest BCUT2D eigenvalue weighted by Crippen LogP contribution is -2.08. The van der Waals surface area contributed by atoms with E-state index >= 15 is 0 Å². The Morgan fingerprint density at radius 2 is 1.81 bits per heavy atom. The largest absolute Gasteiger partial charge is 0.488 e. The minimum absolute atomic E-state index is 0.489. The molecular formula is C24H19NO. The minimum atomic E-state index is 0.489. The molecule has 3 aromatic carbocycles. The van der Waals surface area contributed by atoms with E-state index in [9.17, 15) is 5.26 Å². The number of nitrogens with zero attached hydrogens (tertiary/aromatic N) is 1. The Morgan fingerprint density at radius 1 is 0.962 bits per heavy atom. The van der Waals surface area contributed by atoms with E-state index < -0.39 is 0 Å². The monoisotopic (exact) mass is 337 g/mol. The van der Waals surface area contributed by atoms with E-state index in [-0.39, 0.29) is 0 Å². The standard InChI is InChI=1S/C24H19NO/c1-17-7-9-23(21(11-17)15-25)22-14-20-13-19(8-10-24(20)26-16-22)12-18-5-3-2-4-6-18/h2-11,13-14H,12,16H2,1H3. The SMILES string of the molecule is Cc1ccc(C2=Cc3cc(Cc4ccccc4)ccc3OC2)c(C#N)c1. The second kappa shape index (κ2) is 6.90. The van der Waals surface area contributed by atoms with Crippen molar-refractivity contribution < 1.29 is 4.74 Å². The molecule has 0 fully saturated rings. The van der Waals surface area contributed by atoms with Crippen molar-refractivity contribution in [1.82, 2.24) is 0 Å². The van der Waals surface area contributed by atoms with Crippen molar-refractivity contribution >= 4 is 11.6 Å². The summed E-state index contributed by atoms with van der Waals surface area (Å²) in [5.41, 5.74) is 7.41. The molecule has 1 heterocycles. The molecule has 0 saturated carbocycles. The molecule has 0 aliphatic carbocycles. The van der Waals surface area contributed by atoms with Gasteiger partial charge in [0.25, 0.3) is 0 Å². The van der Waals surface area contributed by atoms with E-state index in [0.29, 0.717) is 12.2 Å². The molecule has 2 nitrogen and oxygen atoms in total. The maximum Gasteiger partial charge on any atom is 0.127 e. The van der Waals surface area contributed by atoms with Gasteiger partial charge in [0.15, 0.2) is 0 Å². The van der Waals surface area contributed by atoms with Gasteiger partial charge >= 0.3 is 0 Å². The van der Waals surface area contributed by atoms with E-state index in [2.05, 4.69) is 48.5 Å². The van der Waals surface area contributed by atoms with E-state index in [1.807, 2.05) is 37.3 Å². The van der Waals surface area contributed by atoms with Crippen LogP contribution in [0.15, 0.2) is 66.7 Å². The van der Waals surface area contributed by atoms with Crippen molar-refractivity contribution in [3.05, 3.63) is 100 Å². The summed E-state index contributed by atoms with van der Waals surface area (Å²) >= 11 is 0. The van der Waals surface area contributed by atoms with Gasteiger partial charge in [-0.1, -0.05) is 48.5 Å². The predicted octanol–water partition coefficient (Wildman–Crippen LogP) is 5.39. The van der Waals surface area contributed by atoms with Gasteiger partial charge in [-0.05, 0) is 65.4 Å². The Kier molecular flexibility index (Phi) is 4.29. The van der Waals surface area contributed by atoms with E-state index in [4.69, 9.17) is 4.74 Å². The first-order valence-electron chi connectivity index (χ1n) is 8.74. The highest BCUT2D eigenvalue weighted by atomic mass is 16.5. The maximum atomic E-state index is 9.46. The van der Waals surface area contributed by atoms with Gasteiger partial charge in [0.1, 0.15) is 12.4 Å². The first kappa shape index (κ1) is 16.2. The first-order valence-corrected chi connectivity index (χ1v) is 8.74. The first-order chi connectivity index (χ1) is 12.7. The van der Waals surface area contributed by atoms with Crippen molar-refractivity contribution in [2.45, 2.75) is 13.3 Å². The zero-order valence-electron chi connectivity index (χ0n) is 14.7. The van der Waals surface area contributed by atoms with Crippen molar-refractivity contribution in [2.24, 2.45) is 0 Å². The van der Waals surface area contributed by atoms with Crippen LogP contribution in [0.2, 0.25) is 0 Å². The van der Waals surface area contributed by atoms with Crippen LogP contribution >= 0.6 is 0 Å². The molecule has 4 rings (SSSR count). The van der Waals surface area contributed by atoms with Crippen molar-refractivity contribution in [3.63, 3.8) is 0 Å². The summed E-state index contributed by atoms with van der Waals surface area (Å²) in [4.78, 5) is 0.